The topological polar surface area (TPSA) is 72.2 Å². The Morgan fingerprint density at radius 1 is 1.21 bits per heavy atom. The third kappa shape index (κ3) is 4.02. The van der Waals surface area contributed by atoms with Crippen LogP contribution < -0.4 is 4.72 Å². The molecule has 0 bridgehead atoms. The molecule has 1 aliphatic rings. The van der Waals surface area contributed by atoms with Gasteiger partial charge in [-0.25, -0.2) is 13.1 Å². The molecule has 3 aromatic rings. The fourth-order valence-corrected chi connectivity index (χ4v) is 5.80. The zero-order chi connectivity index (χ0) is 20.1. The first kappa shape index (κ1) is 19.6. The van der Waals surface area contributed by atoms with Gasteiger partial charge in [0, 0.05) is 22.5 Å². The smallest absolute Gasteiger partial charge is 0.351 e. The number of hydrogen-bond acceptors (Lipinski definition) is 5. The second-order valence-electron chi connectivity index (χ2n) is 6.32. The number of thiophene rings is 1. The lowest BCUT2D eigenvalue weighted by Gasteiger charge is -2.05. The Bertz CT molecular complexity index is 1120. The van der Waals surface area contributed by atoms with Crippen molar-refractivity contribution in [3.8, 4) is 10.6 Å². The van der Waals surface area contributed by atoms with Crippen molar-refractivity contribution >= 4 is 37.3 Å². The van der Waals surface area contributed by atoms with Crippen LogP contribution in [0, 0.1) is 0 Å². The third-order valence-electron chi connectivity index (χ3n) is 4.26. The van der Waals surface area contributed by atoms with E-state index in [0.717, 1.165) is 27.4 Å². The quantitative estimate of drug-likeness (QED) is 0.542. The molecule has 0 unspecified atom stereocenters. The van der Waals surface area contributed by atoms with E-state index in [2.05, 4.69) is 30.3 Å². The summed E-state index contributed by atoms with van der Waals surface area (Å²) in [6, 6.07) is 11.0. The molecule has 1 saturated carbocycles. The van der Waals surface area contributed by atoms with Crippen LogP contribution in [0.1, 0.15) is 23.7 Å². The van der Waals surface area contributed by atoms with E-state index in [0.29, 0.717) is 6.42 Å². The van der Waals surface area contributed by atoms with Crippen LogP contribution in [0.2, 0.25) is 0 Å². The highest BCUT2D eigenvalue weighted by Gasteiger charge is 2.42. The Hall–Kier alpha value is -1.69. The highest BCUT2D eigenvalue weighted by molar-refractivity contribution is 9.10. The largest absolute Gasteiger partial charge is 0.452 e. The molecule has 1 fully saturated rings. The van der Waals surface area contributed by atoms with Crippen molar-refractivity contribution in [2.75, 3.05) is 0 Å². The number of halogens is 4. The predicted octanol–water partition coefficient (Wildman–Crippen LogP) is 5.02. The highest BCUT2D eigenvalue weighted by Crippen LogP contribution is 2.43. The monoisotopic (exact) mass is 492 g/mol. The Kier molecular flexibility index (Phi) is 4.89. The van der Waals surface area contributed by atoms with Gasteiger partial charge in [-0.3, -0.25) is 0 Å². The molecule has 0 aliphatic heterocycles. The second-order valence-corrected chi connectivity index (χ2v) is 10.3. The Morgan fingerprint density at radius 2 is 2.00 bits per heavy atom. The van der Waals surface area contributed by atoms with Crippen LogP contribution in [0.25, 0.3) is 10.6 Å². The summed E-state index contributed by atoms with van der Waals surface area (Å²) in [7, 11) is -3.78. The van der Waals surface area contributed by atoms with Gasteiger partial charge in [-0.15, -0.1) is 11.3 Å². The molecule has 1 aromatic carbocycles. The molecular weight excluding hydrogens is 481 g/mol. The van der Waals surface area contributed by atoms with Crippen LogP contribution >= 0.6 is 27.3 Å². The normalized spacial score (nSPS) is 19.7. The van der Waals surface area contributed by atoms with Crippen molar-refractivity contribution in [2.45, 2.75) is 28.8 Å². The molecule has 2 heterocycles. The van der Waals surface area contributed by atoms with E-state index in [1.165, 1.54) is 12.1 Å². The summed E-state index contributed by atoms with van der Waals surface area (Å²) in [5.74, 6) is -1.13. The van der Waals surface area contributed by atoms with Crippen LogP contribution in [0.5, 0.6) is 0 Å². The molecule has 0 radical (unpaired) electrons. The van der Waals surface area contributed by atoms with Gasteiger partial charge in [-0.05, 0) is 36.2 Å². The first-order valence-electron chi connectivity index (χ1n) is 8.05. The summed E-state index contributed by atoms with van der Waals surface area (Å²) >= 11 is 4.23. The molecule has 4 rings (SSSR count). The number of nitrogens with one attached hydrogen (secondary N) is 1. The standard InChI is InChI=1S/C17H12BrF3N2O3S2/c18-10-3-1-2-9(6-10)11-7-12(11)23-28(24,25)16-5-4-14(27-16)13-8-15(26-22-13)17(19,20)21/h1-6,8,11-12,23H,7H2/t11-,12+/m1/s1. The number of hydrogen-bond donors (Lipinski definition) is 1. The number of nitrogens with zero attached hydrogens (tertiary/aromatic N) is 1. The molecule has 0 spiro atoms. The van der Waals surface area contributed by atoms with E-state index < -0.39 is 22.0 Å². The lowest BCUT2D eigenvalue weighted by atomic mass is 10.1. The van der Waals surface area contributed by atoms with Gasteiger partial charge in [0.25, 0.3) is 0 Å². The fraction of sp³-hybridized carbons (Fsp3) is 0.235. The average Bonchev–Trinajstić information content (AvgIpc) is 3.04. The average molecular weight is 493 g/mol. The van der Waals surface area contributed by atoms with Crippen molar-refractivity contribution in [1.82, 2.24) is 9.88 Å². The highest BCUT2D eigenvalue weighted by atomic mass is 79.9. The van der Waals surface area contributed by atoms with Crippen LogP contribution in [-0.2, 0) is 16.2 Å². The number of alkyl halides is 3. The molecule has 11 heteroatoms. The molecule has 1 aliphatic carbocycles. The maximum absolute atomic E-state index is 12.6. The van der Waals surface area contributed by atoms with E-state index in [1.807, 2.05) is 24.3 Å². The van der Waals surface area contributed by atoms with Crippen molar-refractivity contribution in [1.29, 1.82) is 0 Å². The second kappa shape index (κ2) is 6.97. The van der Waals surface area contributed by atoms with E-state index >= 15 is 0 Å². The Balaban J connectivity index is 1.48. The van der Waals surface area contributed by atoms with Gasteiger partial charge < -0.3 is 4.52 Å². The number of sulfonamides is 1. The number of aromatic nitrogens is 1. The maximum Gasteiger partial charge on any atom is 0.452 e. The van der Waals surface area contributed by atoms with Gasteiger partial charge in [-0.2, -0.15) is 13.2 Å². The molecule has 1 N–H and O–H groups in total. The molecule has 2 aromatic heterocycles. The molecule has 5 nitrogen and oxygen atoms in total. The van der Waals surface area contributed by atoms with Gasteiger partial charge in [0.2, 0.25) is 15.8 Å². The first-order valence-corrected chi connectivity index (χ1v) is 11.1. The van der Waals surface area contributed by atoms with Gasteiger partial charge in [0.05, 0.1) is 4.88 Å². The summed E-state index contributed by atoms with van der Waals surface area (Å²) in [4.78, 5) is 0.277. The number of benzene rings is 1. The minimum absolute atomic E-state index is 0.0129. The van der Waals surface area contributed by atoms with Crippen molar-refractivity contribution in [2.24, 2.45) is 0 Å². The summed E-state index contributed by atoms with van der Waals surface area (Å²) in [5, 5.41) is 3.38. The first-order chi connectivity index (χ1) is 13.1. The van der Waals surface area contributed by atoms with Crippen LogP contribution in [0.3, 0.4) is 0 Å². The molecule has 0 amide bonds. The van der Waals surface area contributed by atoms with Gasteiger partial charge in [-0.1, -0.05) is 33.2 Å². The molecule has 0 saturated heterocycles. The summed E-state index contributed by atoms with van der Waals surface area (Å²) in [5.41, 5.74) is 0.980. The van der Waals surface area contributed by atoms with Crippen LogP contribution in [-0.4, -0.2) is 19.6 Å². The SMILES string of the molecule is O=S(=O)(N[C@H]1C[C@@H]1c1cccc(Br)c1)c1ccc(-c2cc(C(F)(F)F)on2)s1. The van der Waals surface area contributed by atoms with Crippen molar-refractivity contribution in [3.63, 3.8) is 0 Å². The molecule has 148 valence electrons. The zero-order valence-corrected chi connectivity index (χ0v) is 17.1. The molecule has 28 heavy (non-hydrogen) atoms. The summed E-state index contributed by atoms with van der Waals surface area (Å²) < 4.78 is 71.0. The van der Waals surface area contributed by atoms with Crippen LogP contribution in [0.15, 0.2) is 55.7 Å². The number of rotatable bonds is 5. The summed E-state index contributed by atoms with van der Waals surface area (Å²) in [6.07, 6.45) is -3.96. The van der Waals surface area contributed by atoms with Gasteiger partial charge >= 0.3 is 6.18 Å². The Morgan fingerprint density at radius 3 is 2.68 bits per heavy atom. The fourth-order valence-electron chi connectivity index (χ4n) is 2.82. The third-order valence-corrected chi connectivity index (χ3v) is 7.84. The predicted molar refractivity (Wildman–Crippen MR) is 100 cm³/mol. The van der Waals surface area contributed by atoms with Crippen LogP contribution in [0.4, 0.5) is 13.2 Å². The Labute approximate surface area is 170 Å². The van der Waals surface area contributed by atoms with E-state index in [9.17, 15) is 21.6 Å². The van der Waals surface area contributed by atoms with Crippen molar-refractivity contribution in [3.05, 3.63) is 58.3 Å². The van der Waals surface area contributed by atoms with E-state index in [1.54, 1.807) is 0 Å². The lowest BCUT2D eigenvalue weighted by molar-refractivity contribution is -0.155. The van der Waals surface area contributed by atoms with Gasteiger partial charge in [0.15, 0.2) is 0 Å². The molecule has 2 atom stereocenters. The van der Waals surface area contributed by atoms with E-state index in [4.69, 9.17) is 0 Å². The maximum atomic E-state index is 12.6. The van der Waals surface area contributed by atoms with E-state index in [-0.39, 0.29) is 26.7 Å². The summed E-state index contributed by atoms with van der Waals surface area (Å²) in [6.45, 7) is 0. The molecular formula is C17H12BrF3N2O3S2. The zero-order valence-electron chi connectivity index (χ0n) is 13.9. The lowest BCUT2D eigenvalue weighted by Crippen LogP contribution is -2.26. The minimum atomic E-state index is -4.65. The van der Waals surface area contributed by atoms with Gasteiger partial charge in [0.1, 0.15) is 9.90 Å². The van der Waals surface area contributed by atoms with Crippen molar-refractivity contribution < 1.29 is 26.1 Å². The minimum Gasteiger partial charge on any atom is -0.351 e.